The Morgan fingerprint density at radius 2 is 1.77 bits per heavy atom. The van der Waals surface area contributed by atoms with Crippen LogP contribution in [0.3, 0.4) is 0 Å². The fraction of sp³-hybridized carbons (Fsp3) is 0.167. The smallest absolute Gasteiger partial charge is 0.292 e. The van der Waals surface area contributed by atoms with E-state index in [0.29, 0.717) is 10.8 Å². The highest BCUT2D eigenvalue weighted by Gasteiger charge is 2.17. The third-order valence-corrected chi connectivity index (χ3v) is 4.98. The van der Waals surface area contributed by atoms with Crippen molar-refractivity contribution >= 4 is 33.7 Å². The number of rotatable bonds is 5. The van der Waals surface area contributed by atoms with Gasteiger partial charge in [0.05, 0.1) is 24.8 Å². The van der Waals surface area contributed by atoms with Crippen LogP contribution in [0.15, 0.2) is 70.6 Å². The molecule has 0 saturated carbocycles. The van der Waals surface area contributed by atoms with Crippen molar-refractivity contribution in [2.45, 2.75) is 19.9 Å². The number of hydrogen-bond donors (Lipinski definition) is 1. The van der Waals surface area contributed by atoms with E-state index >= 15 is 0 Å². The first-order chi connectivity index (χ1) is 15.0. The number of nitrogens with zero attached hydrogens (tertiary/aromatic N) is 3. The van der Waals surface area contributed by atoms with E-state index in [1.54, 1.807) is 37.6 Å². The number of carbonyl (C=O) groups is 1. The number of fused-ring (bicyclic) bond motifs is 2. The van der Waals surface area contributed by atoms with Gasteiger partial charge in [-0.05, 0) is 54.4 Å². The first-order valence-electron chi connectivity index (χ1n) is 9.90. The monoisotopic (exact) mass is 414 g/mol. The van der Waals surface area contributed by atoms with Gasteiger partial charge < -0.3 is 4.74 Å². The second-order valence-corrected chi connectivity index (χ2v) is 7.41. The summed E-state index contributed by atoms with van der Waals surface area (Å²) in [6.45, 7) is 3.69. The molecule has 7 heteroatoms. The summed E-state index contributed by atoms with van der Waals surface area (Å²) in [5.41, 5.74) is 3.30. The Morgan fingerprint density at radius 3 is 2.52 bits per heavy atom. The Labute approximate surface area is 179 Å². The number of hydrogen-bond acceptors (Lipinski definition) is 5. The van der Waals surface area contributed by atoms with Crippen LogP contribution in [-0.4, -0.2) is 29.0 Å². The molecule has 3 aromatic carbocycles. The van der Waals surface area contributed by atoms with Crippen LogP contribution in [0.25, 0.3) is 21.5 Å². The second kappa shape index (κ2) is 8.39. The standard InChI is InChI=1S/C24H22N4O3/c1-15(2)28-24(30)21-7-5-4-6-20(21)22(27-28)23(29)26-25-14-16-8-9-18-13-19(31-3)11-10-17(18)12-16/h4-15H,1-3H3,(H,26,29)/b25-14-. The quantitative estimate of drug-likeness (QED) is 0.396. The fourth-order valence-corrected chi connectivity index (χ4v) is 3.39. The van der Waals surface area contributed by atoms with Gasteiger partial charge in [0.25, 0.3) is 11.5 Å². The summed E-state index contributed by atoms with van der Waals surface area (Å²) in [6.07, 6.45) is 1.57. The van der Waals surface area contributed by atoms with Crippen LogP contribution in [0.4, 0.5) is 0 Å². The molecule has 0 aliphatic heterocycles. The first kappa shape index (κ1) is 20.3. The molecule has 0 saturated heterocycles. The van der Waals surface area contributed by atoms with Crippen molar-refractivity contribution in [3.05, 3.63) is 82.3 Å². The number of hydrazone groups is 1. The van der Waals surface area contributed by atoms with Gasteiger partial charge in [-0.25, -0.2) is 10.1 Å². The van der Waals surface area contributed by atoms with Gasteiger partial charge in [-0.2, -0.15) is 10.2 Å². The van der Waals surface area contributed by atoms with Crippen molar-refractivity contribution in [2.75, 3.05) is 7.11 Å². The fourth-order valence-electron chi connectivity index (χ4n) is 3.39. The maximum atomic E-state index is 12.8. The van der Waals surface area contributed by atoms with Crippen LogP contribution >= 0.6 is 0 Å². The lowest BCUT2D eigenvalue weighted by Crippen LogP contribution is -2.30. The highest BCUT2D eigenvalue weighted by Crippen LogP contribution is 2.21. The summed E-state index contributed by atoms with van der Waals surface area (Å²) in [4.78, 5) is 25.4. The molecule has 156 valence electrons. The molecule has 1 amide bonds. The van der Waals surface area contributed by atoms with Crippen LogP contribution in [0.2, 0.25) is 0 Å². The number of methoxy groups -OCH3 is 1. The van der Waals surface area contributed by atoms with Crippen LogP contribution in [-0.2, 0) is 0 Å². The Bertz CT molecular complexity index is 1370. The molecular formula is C24H22N4O3. The number of carbonyl (C=O) groups excluding carboxylic acids is 1. The zero-order valence-electron chi connectivity index (χ0n) is 17.5. The predicted octanol–water partition coefficient (Wildman–Crippen LogP) is 3.90. The molecule has 0 bridgehead atoms. The SMILES string of the molecule is COc1ccc2cc(/C=N\NC(=O)c3nn(C(C)C)c(=O)c4ccccc34)ccc2c1. The van der Waals surface area contributed by atoms with E-state index in [2.05, 4.69) is 15.6 Å². The summed E-state index contributed by atoms with van der Waals surface area (Å²) in [6, 6.07) is 18.4. The second-order valence-electron chi connectivity index (χ2n) is 7.41. The molecule has 4 rings (SSSR count). The number of ether oxygens (including phenoxy) is 1. The largest absolute Gasteiger partial charge is 0.497 e. The molecule has 0 spiro atoms. The third kappa shape index (κ3) is 4.02. The van der Waals surface area contributed by atoms with Crippen molar-refractivity contribution in [2.24, 2.45) is 5.10 Å². The highest BCUT2D eigenvalue weighted by molar-refractivity contribution is 6.05. The lowest BCUT2D eigenvalue weighted by Gasteiger charge is -2.12. The van der Waals surface area contributed by atoms with Crippen molar-refractivity contribution in [3.63, 3.8) is 0 Å². The lowest BCUT2D eigenvalue weighted by atomic mass is 10.1. The van der Waals surface area contributed by atoms with Gasteiger partial charge in [-0.1, -0.05) is 36.4 Å². The van der Waals surface area contributed by atoms with Crippen molar-refractivity contribution in [1.82, 2.24) is 15.2 Å². The third-order valence-electron chi connectivity index (χ3n) is 4.98. The number of amides is 1. The van der Waals surface area contributed by atoms with Gasteiger partial charge in [0.15, 0.2) is 5.69 Å². The average molecular weight is 414 g/mol. The Kier molecular flexibility index (Phi) is 5.49. The molecular weight excluding hydrogens is 392 g/mol. The summed E-state index contributed by atoms with van der Waals surface area (Å²) < 4.78 is 6.56. The van der Waals surface area contributed by atoms with Crippen LogP contribution < -0.4 is 15.7 Å². The number of aromatic nitrogens is 2. The van der Waals surface area contributed by atoms with Gasteiger partial charge in [0.2, 0.25) is 0 Å². The molecule has 1 N–H and O–H groups in total. The normalized spacial score (nSPS) is 11.5. The molecule has 0 radical (unpaired) electrons. The summed E-state index contributed by atoms with van der Waals surface area (Å²) in [7, 11) is 1.64. The summed E-state index contributed by atoms with van der Waals surface area (Å²) in [5.74, 6) is 0.316. The van der Waals surface area contributed by atoms with Gasteiger partial charge in [0, 0.05) is 5.39 Å². The minimum atomic E-state index is -0.479. The molecule has 4 aromatic rings. The van der Waals surface area contributed by atoms with E-state index in [9.17, 15) is 9.59 Å². The Balaban J connectivity index is 1.61. The lowest BCUT2D eigenvalue weighted by molar-refractivity contribution is 0.0949. The summed E-state index contributed by atoms with van der Waals surface area (Å²) in [5, 5.41) is 11.4. The summed E-state index contributed by atoms with van der Waals surface area (Å²) >= 11 is 0. The van der Waals surface area contributed by atoms with Crippen molar-refractivity contribution in [1.29, 1.82) is 0 Å². The molecule has 0 atom stereocenters. The Morgan fingerprint density at radius 1 is 1.06 bits per heavy atom. The van der Waals surface area contributed by atoms with E-state index in [4.69, 9.17) is 4.74 Å². The molecule has 0 fully saturated rings. The predicted molar refractivity (Wildman–Crippen MR) is 122 cm³/mol. The van der Waals surface area contributed by atoms with Gasteiger partial charge in [-0.3, -0.25) is 9.59 Å². The maximum Gasteiger partial charge on any atom is 0.292 e. The van der Waals surface area contributed by atoms with Gasteiger partial charge in [-0.15, -0.1) is 0 Å². The van der Waals surface area contributed by atoms with Crippen molar-refractivity contribution < 1.29 is 9.53 Å². The molecule has 0 aliphatic rings. The minimum Gasteiger partial charge on any atom is -0.497 e. The van der Waals surface area contributed by atoms with Crippen LogP contribution in [0.1, 0.15) is 35.9 Å². The van der Waals surface area contributed by atoms with Crippen LogP contribution in [0.5, 0.6) is 5.75 Å². The molecule has 1 aromatic heterocycles. The number of nitrogens with one attached hydrogen (secondary N) is 1. The van der Waals surface area contributed by atoms with Crippen molar-refractivity contribution in [3.8, 4) is 5.75 Å². The van der Waals surface area contributed by atoms with E-state index in [1.807, 2.05) is 50.2 Å². The van der Waals surface area contributed by atoms with E-state index < -0.39 is 5.91 Å². The zero-order valence-corrected chi connectivity index (χ0v) is 17.5. The molecule has 0 aliphatic carbocycles. The zero-order chi connectivity index (χ0) is 22.0. The van der Waals surface area contributed by atoms with E-state index in [0.717, 1.165) is 22.1 Å². The number of benzene rings is 3. The average Bonchev–Trinajstić information content (AvgIpc) is 2.78. The topological polar surface area (TPSA) is 85.6 Å². The Hall–Kier alpha value is -4.00. The molecule has 1 heterocycles. The molecule has 0 unspecified atom stereocenters. The van der Waals surface area contributed by atoms with Gasteiger partial charge in [0.1, 0.15) is 5.75 Å². The van der Waals surface area contributed by atoms with Crippen LogP contribution in [0, 0.1) is 0 Å². The minimum absolute atomic E-state index is 0.159. The van der Waals surface area contributed by atoms with Gasteiger partial charge >= 0.3 is 0 Å². The van der Waals surface area contributed by atoms with E-state index in [-0.39, 0.29) is 17.3 Å². The van der Waals surface area contributed by atoms with E-state index in [1.165, 1.54) is 4.68 Å². The maximum absolute atomic E-state index is 12.8. The molecule has 31 heavy (non-hydrogen) atoms. The molecule has 7 nitrogen and oxygen atoms in total. The first-order valence-corrected chi connectivity index (χ1v) is 9.90. The highest BCUT2D eigenvalue weighted by atomic mass is 16.5.